The minimum Gasteiger partial charge on any atom is -0.458 e. The lowest BCUT2D eigenvalue weighted by Crippen LogP contribution is -2.45. The molecule has 8 aliphatic rings. The Morgan fingerprint density at radius 1 is 0.347 bits per heavy atom. The van der Waals surface area contributed by atoms with E-state index in [0.29, 0.717) is 23.1 Å². The van der Waals surface area contributed by atoms with Crippen molar-refractivity contribution in [3.05, 3.63) is 486 Å². The minimum atomic E-state index is -1.01. The van der Waals surface area contributed by atoms with Crippen LogP contribution in [0.25, 0.3) is 22.9 Å². The molecule has 0 radical (unpaired) electrons. The molecule has 0 spiro atoms. The first-order valence-electron chi connectivity index (χ1n) is 49.9. The third kappa shape index (κ3) is 20.7. The van der Waals surface area contributed by atoms with Gasteiger partial charge in [0.15, 0.2) is 34.6 Å². The molecule has 734 valence electrons. The Labute approximate surface area is 845 Å². The van der Waals surface area contributed by atoms with Crippen molar-refractivity contribution in [1.82, 2.24) is 0 Å². The maximum absolute atomic E-state index is 14.0. The van der Waals surface area contributed by atoms with E-state index in [1.54, 1.807) is 32.1 Å². The van der Waals surface area contributed by atoms with Crippen molar-refractivity contribution in [3.8, 4) is 0 Å². The number of fused-ring (bicyclic) bond motifs is 12. The van der Waals surface area contributed by atoms with Gasteiger partial charge in [-0.1, -0.05) is 358 Å². The predicted octanol–water partition coefficient (Wildman–Crippen LogP) is 25.9. The Morgan fingerprint density at radius 3 is 1.03 bits per heavy atom. The number of aryl methyl sites for hydroxylation is 8. The van der Waals surface area contributed by atoms with Gasteiger partial charge in [0.2, 0.25) is 0 Å². The van der Waals surface area contributed by atoms with Crippen LogP contribution in [0.4, 0.5) is 0 Å². The lowest BCUT2D eigenvalue weighted by molar-refractivity contribution is -0.170. The van der Waals surface area contributed by atoms with Crippen molar-refractivity contribution in [2.45, 2.75) is 188 Å². The third-order valence-electron chi connectivity index (χ3n) is 29.1. The quantitative estimate of drug-likeness (QED) is 0.0500. The SMILES string of the molecule is C=C(C)C(=O)OC1(C)c2ccccc2Cc2ccccc21.C=C(C)C(=O)OC1C2CC3C1OC(=O)C3C2C(=O)OC1(C)c2ccccc2CCc2ccccc21.C=C(C)C(=O)OCC(=O)OC1(C)c2ccccc2CCc2ccccc21.C=Cc1ccc(C(=O)OC2(C)c3ccccc3CCc3ccccc32)c2ccccc12.C=Cc1ccc(C(=O)OC2(C)c3ccccc3CCc3ccccc32)cc1.CC.CC. The number of carbonyl (C=O) groups excluding carboxylic acids is 8. The highest BCUT2D eigenvalue weighted by atomic mass is 16.6. The smallest absolute Gasteiger partial charge is 0.345 e. The summed E-state index contributed by atoms with van der Waals surface area (Å²) in [5, 5.41) is 1.88. The molecule has 1 aliphatic heterocycles. The molecule has 2 saturated carbocycles. The van der Waals surface area contributed by atoms with Crippen LogP contribution in [0.2, 0.25) is 0 Å². The average molecular weight is 1920 g/mol. The molecular formula is C128H126O16. The average Bonchev–Trinajstić information content (AvgIpc) is 1.54. The molecule has 2 bridgehead atoms. The van der Waals surface area contributed by atoms with Crippen molar-refractivity contribution >= 4 is 70.7 Å². The van der Waals surface area contributed by atoms with E-state index < -0.39 is 88.5 Å². The van der Waals surface area contributed by atoms with E-state index in [1.807, 2.05) is 263 Å². The predicted molar refractivity (Wildman–Crippen MR) is 565 cm³/mol. The Bertz CT molecular complexity index is 6870. The summed E-state index contributed by atoms with van der Waals surface area (Å²) in [6.07, 6.45) is 11.1. The maximum atomic E-state index is 14.0. The van der Waals surface area contributed by atoms with E-state index in [-0.39, 0.29) is 40.9 Å². The fourth-order valence-corrected chi connectivity index (χ4v) is 22.1. The molecule has 144 heavy (non-hydrogen) atoms. The molecule has 0 amide bonds. The van der Waals surface area contributed by atoms with Crippen LogP contribution in [0.3, 0.4) is 0 Å². The lowest BCUT2D eigenvalue weighted by Gasteiger charge is -2.37. The van der Waals surface area contributed by atoms with Gasteiger partial charge in [0, 0.05) is 84.2 Å². The second-order valence-electron chi connectivity index (χ2n) is 38.1. The van der Waals surface area contributed by atoms with Crippen LogP contribution in [-0.2, 0) is 152 Å². The van der Waals surface area contributed by atoms with Gasteiger partial charge in [-0.15, -0.1) is 0 Å². The number of esters is 8. The van der Waals surface area contributed by atoms with E-state index in [4.69, 9.17) is 37.9 Å². The van der Waals surface area contributed by atoms with Crippen molar-refractivity contribution < 1.29 is 76.3 Å². The fourth-order valence-electron chi connectivity index (χ4n) is 22.1. The minimum absolute atomic E-state index is 0.144. The lowest BCUT2D eigenvalue weighted by atomic mass is 9.75. The molecule has 21 rings (SSSR count). The molecule has 16 heteroatoms. The summed E-state index contributed by atoms with van der Waals surface area (Å²) in [5.41, 5.74) is 21.7. The number of hydrogen-bond acceptors (Lipinski definition) is 16. The Hall–Kier alpha value is -15.4. The van der Waals surface area contributed by atoms with Gasteiger partial charge in [0.1, 0.15) is 12.2 Å². The summed E-state index contributed by atoms with van der Waals surface area (Å²) >= 11 is 0. The summed E-state index contributed by atoms with van der Waals surface area (Å²) in [7, 11) is 0. The fraction of sp³-hybridized carbons (Fsp3) is 0.266. The van der Waals surface area contributed by atoms with Gasteiger partial charge in [0.25, 0.3) is 0 Å². The number of ether oxygens (including phenoxy) is 8. The molecule has 13 aromatic carbocycles. The van der Waals surface area contributed by atoms with E-state index in [0.717, 1.165) is 158 Å². The Kier molecular flexibility index (Phi) is 31.7. The standard InChI is InChI=1S/C29H28O6.C29H24O2.C25H22O2.C22H22O4.C19H18O2.2C2H6/c1-15(2)26(30)33-24-19-14-18-22(27(31)34-25(18)24)23(19)28(32)35-29(3)20-10-6-4-8-16(20)12-13-17-9-5-7-11-21(17)29;1-3-20-18-19-25(24-13-7-6-12-23(20)24)28(30)31-29(2)26-14-8-4-10-21(26)16-17-22-11-5-9-15-27(22)29;1-3-18-12-14-21(15-13-18)24(26)27-25(2)22-10-6-4-8-19(22)16-17-20-9-5-7-11-23(20)25;1-15(2)21(24)25-14-20(23)26-22(3)18-10-6-4-8-16(18)12-13-17-9-5-7-11-19(17)22;1-13(2)18(20)21-19(3)16-10-6-4-8-14(16)12-15-9-5-7-11-17(15)19;2*1-2/h4-11,18-19,22-25H,1,12-14H2,2-3H3;3-15,18-19H,1,16-17H2,2H3;3-15H,1,16-17H2,2H3;4-11H,1,12-14H2,2-3H3;4-11H,1,12H2,2-3H3;2*1-2H3. The van der Waals surface area contributed by atoms with E-state index in [1.165, 1.54) is 40.3 Å². The van der Waals surface area contributed by atoms with Gasteiger partial charge in [-0.3, -0.25) is 9.59 Å². The molecule has 6 unspecified atom stereocenters. The molecule has 16 nitrogen and oxygen atoms in total. The monoisotopic (exact) mass is 1920 g/mol. The zero-order valence-electron chi connectivity index (χ0n) is 84.3. The highest BCUT2D eigenvalue weighted by Crippen LogP contribution is 2.60. The molecule has 0 aromatic heterocycles. The van der Waals surface area contributed by atoms with E-state index in [9.17, 15) is 38.4 Å². The number of benzene rings is 13. The van der Waals surface area contributed by atoms with E-state index >= 15 is 0 Å². The second-order valence-corrected chi connectivity index (χ2v) is 38.1. The Morgan fingerprint density at radius 2 is 0.667 bits per heavy atom. The first kappa shape index (κ1) is 103. The summed E-state index contributed by atoms with van der Waals surface area (Å²) in [5.74, 6) is -5.30. The van der Waals surface area contributed by atoms with Gasteiger partial charge >= 0.3 is 47.8 Å². The van der Waals surface area contributed by atoms with Gasteiger partial charge in [-0.25, -0.2) is 28.8 Å². The number of rotatable bonds is 16. The largest absolute Gasteiger partial charge is 0.458 e. The molecule has 1 heterocycles. The molecule has 0 N–H and O–H groups in total. The van der Waals surface area contributed by atoms with Gasteiger partial charge in [-0.2, -0.15) is 0 Å². The van der Waals surface area contributed by atoms with Crippen molar-refractivity contribution in [3.63, 3.8) is 0 Å². The highest BCUT2D eigenvalue weighted by molar-refractivity contribution is 6.07. The third-order valence-corrected chi connectivity index (χ3v) is 29.1. The topological polar surface area (TPSA) is 210 Å². The van der Waals surface area contributed by atoms with Crippen molar-refractivity contribution in [2.75, 3.05) is 6.61 Å². The molecule has 13 aromatic rings. The second kappa shape index (κ2) is 44.4. The van der Waals surface area contributed by atoms with Crippen LogP contribution in [-0.4, -0.2) is 66.6 Å². The van der Waals surface area contributed by atoms with Gasteiger partial charge in [-0.05, 0) is 215 Å². The van der Waals surface area contributed by atoms with Crippen molar-refractivity contribution in [2.24, 2.45) is 23.7 Å². The van der Waals surface area contributed by atoms with Crippen molar-refractivity contribution in [1.29, 1.82) is 0 Å². The van der Waals surface area contributed by atoms with Crippen LogP contribution < -0.4 is 0 Å². The zero-order valence-corrected chi connectivity index (χ0v) is 84.3. The molecule has 3 fully saturated rings. The van der Waals surface area contributed by atoms with Crippen LogP contribution >= 0.6 is 0 Å². The summed E-state index contributed by atoms with van der Waals surface area (Å²) in [4.78, 5) is 102. The van der Waals surface area contributed by atoms with Crippen LogP contribution in [0.5, 0.6) is 0 Å². The van der Waals surface area contributed by atoms with E-state index in [2.05, 4.69) is 130 Å². The zero-order chi connectivity index (χ0) is 103. The molecule has 7 aliphatic carbocycles. The normalized spacial score (nSPS) is 18.2. The summed E-state index contributed by atoms with van der Waals surface area (Å²) < 4.78 is 47.1. The summed E-state index contributed by atoms with van der Waals surface area (Å²) in [6, 6.07) is 101. The highest BCUT2D eigenvalue weighted by Gasteiger charge is 2.71. The number of hydrogen-bond donors (Lipinski definition) is 0. The number of carbonyl (C=O) groups is 8. The molecule has 1 saturated heterocycles. The maximum Gasteiger partial charge on any atom is 0.345 e. The first-order valence-corrected chi connectivity index (χ1v) is 49.9. The van der Waals surface area contributed by atoms with Crippen LogP contribution in [0.1, 0.15) is 233 Å². The Balaban J connectivity index is 0.000000135. The van der Waals surface area contributed by atoms with Gasteiger partial charge < -0.3 is 37.9 Å². The molecule has 6 atom stereocenters. The van der Waals surface area contributed by atoms with Crippen LogP contribution in [0, 0.1) is 23.7 Å². The van der Waals surface area contributed by atoms with Crippen LogP contribution in [0.15, 0.2) is 353 Å². The van der Waals surface area contributed by atoms with Gasteiger partial charge in [0.05, 0.1) is 23.0 Å². The first-order chi connectivity index (χ1) is 69.5. The molecular weight excluding hydrogens is 1790 g/mol. The summed E-state index contributed by atoms with van der Waals surface area (Å²) in [6.45, 7) is 40.7.